The van der Waals surface area contributed by atoms with Gasteiger partial charge in [-0.05, 0) is 38.0 Å². The molecule has 1 aliphatic rings. The number of aliphatic hydroxyl groups excluding tert-OH is 3. The fourth-order valence-corrected chi connectivity index (χ4v) is 2.54. The van der Waals surface area contributed by atoms with Crippen molar-refractivity contribution in [3.63, 3.8) is 0 Å². The van der Waals surface area contributed by atoms with Gasteiger partial charge in [0.25, 0.3) is 0 Å². The number of rotatable bonds is 7. The first-order valence-electron chi connectivity index (χ1n) is 6.69. The van der Waals surface area contributed by atoms with Gasteiger partial charge in [-0.2, -0.15) is 0 Å². The third-order valence-corrected chi connectivity index (χ3v) is 3.72. The van der Waals surface area contributed by atoms with Crippen LogP contribution in [0.25, 0.3) is 0 Å². The number of hydrogen-bond donors (Lipinski definition) is 3. The summed E-state index contributed by atoms with van der Waals surface area (Å²) in [4.78, 5) is 0. The number of unbranched alkanes of at least 4 members (excludes halogenated alkanes) is 2. The fourth-order valence-electron chi connectivity index (χ4n) is 2.54. The Morgan fingerprint density at radius 2 is 1.88 bits per heavy atom. The Bertz CT molecular complexity index is 184. The quantitative estimate of drug-likeness (QED) is 0.585. The van der Waals surface area contributed by atoms with Gasteiger partial charge in [-0.15, -0.1) is 0 Å². The van der Waals surface area contributed by atoms with Crippen LogP contribution in [-0.2, 0) is 0 Å². The van der Waals surface area contributed by atoms with Gasteiger partial charge in [0.05, 0.1) is 18.3 Å². The lowest BCUT2D eigenvalue weighted by Crippen LogP contribution is -2.25. The van der Waals surface area contributed by atoms with Crippen molar-refractivity contribution in [1.82, 2.24) is 0 Å². The Kier molecular flexibility index (Phi) is 6.32. The Balaban J connectivity index is 2.09. The summed E-state index contributed by atoms with van der Waals surface area (Å²) in [5.41, 5.74) is 0. The van der Waals surface area contributed by atoms with Crippen LogP contribution in [0.15, 0.2) is 0 Å². The molecule has 1 aliphatic carbocycles. The van der Waals surface area contributed by atoms with E-state index in [2.05, 4.69) is 6.92 Å². The highest BCUT2D eigenvalue weighted by Gasteiger charge is 2.32. The smallest absolute Gasteiger partial charge is 0.0827 e. The summed E-state index contributed by atoms with van der Waals surface area (Å²) < 4.78 is 0. The second-order valence-corrected chi connectivity index (χ2v) is 5.12. The summed E-state index contributed by atoms with van der Waals surface area (Å²) in [6.07, 6.45) is 6.20. The molecular formula is C13H26O3. The Hall–Kier alpha value is -0.120. The summed E-state index contributed by atoms with van der Waals surface area (Å²) in [5, 5.41) is 28.8. The van der Waals surface area contributed by atoms with Crippen molar-refractivity contribution in [2.24, 2.45) is 5.92 Å². The van der Waals surface area contributed by atoms with E-state index in [1.54, 1.807) is 0 Å². The van der Waals surface area contributed by atoms with Gasteiger partial charge in [0.15, 0.2) is 0 Å². The Morgan fingerprint density at radius 1 is 1.12 bits per heavy atom. The third kappa shape index (κ3) is 4.40. The van der Waals surface area contributed by atoms with Gasteiger partial charge in [-0.3, -0.25) is 0 Å². The lowest BCUT2D eigenvalue weighted by Gasteiger charge is -2.18. The van der Waals surface area contributed by atoms with E-state index >= 15 is 0 Å². The first kappa shape index (κ1) is 13.9. The van der Waals surface area contributed by atoms with E-state index in [0.717, 1.165) is 32.1 Å². The van der Waals surface area contributed by atoms with Crippen LogP contribution in [0.1, 0.15) is 58.3 Å². The van der Waals surface area contributed by atoms with E-state index in [1.807, 2.05) is 0 Å². The van der Waals surface area contributed by atoms with Crippen molar-refractivity contribution in [3.05, 3.63) is 0 Å². The highest BCUT2D eigenvalue weighted by Crippen LogP contribution is 2.30. The topological polar surface area (TPSA) is 60.7 Å². The highest BCUT2D eigenvalue weighted by molar-refractivity contribution is 4.84. The van der Waals surface area contributed by atoms with Crippen molar-refractivity contribution in [1.29, 1.82) is 0 Å². The predicted octanol–water partition coefficient (Wildman–Crippen LogP) is 1.84. The molecule has 96 valence electrons. The molecule has 4 atom stereocenters. The van der Waals surface area contributed by atoms with Crippen LogP contribution < -0.4 is 0 Å². The van der Waals surface area contributed by atoms with E-state index in [1.165, 1.54) is 12.8 Å². The first-order chi connectivity index (χ1) is 7.65. The molecule has 0 aliphatic heterocycles. The summed E-state index contributed by atoms with van der Waals surface area (Å²) >= 11 is 0. The number of hydrogen-bond acceptors (Lipinski definition) is 3. The lowest BCUT2D eigenvalue weighted by atomic mass is 9.95. The van der Waals surface area contributed by atoms with Gasteiger partial charge < -0.3 is 15.3 Å². The second-order valence-electron chi connectivity index (χ2n) is 5.12. The molecule has 0 amide bonds. The van der Waals surface area contributed by atoms with Gasteiger partial charge in [0.2, 0.25) is 0 Å². The predicted molar refractivity (Wildman–Crippen MR) is 64.1 cm³/mol. The maximum Gasteiger partial charge on any atom is 0.0827 e. The normalized spacial score (nSPS) is 31.9. The maximum atomic E-state index is 9.74. The molecule has 0 radical (unpaired) electrons. The summed E-state index contributed by atoms with van der Waals surface area (Å²) in [6, 6.07) is 0. The van der Waals surface area contributed by atoms with Crippen LogP contribution in [-0.4, -0.2) is 33.6 Å². The molecular weight excluding hydrogens is 204 g/mol. The second kappa shape index (κ2) is 7.25. The Labute approximate surface area is 98.5 Å². The molecule has 0 aromatic heterocycles. The van der Waals surface area contributed by atoms with Crippen molar-refractivity contribution < 1.29 is 15.3 Å². The summed E-state index contributed by atoms with van der Waals surface area (Å²) in [5.74, 6) is 0.191. The summed E-state index contributed by atoms with van der Waals surface area (Å²) in [6.45, 7) is 2.16. The average molecular weight is 230 g/mol. The molecule has 1 fully saturated rings. The molecule has 16 heavy (non-hydrogen) atoms. The van der Waals surface area contributed by atoms with Crippen LogP contribution >= 0.6 is 0 Å². The van der Waals surface area contributed by atoms with Gasteiger partial charge in [-0.1, -0.05) is 26.2 Å². The Morgan fingerprint density at radius 3 is 2.44 bits per heavy atom. The molecule has 3 N–H and O–H groups in total. The fraction of sp³-hybridized carbons (Fsp3) is 1.00. The minimum Gasteiger partial charge on any atom is -0.393 e. The minimum absolute atomic E-state index is 0.191. The molecule has 0 saturated heterocycles. The highest BCUT2D eigenvalue weighted by atomic mass is 16.3. The van der Waals surface area contributed by atoms with E-state index in [-0.39, 0.29) is 12.0 Å². The molecule has 0 heterocycles. The van der Waals surface area contributed by atoms with Crippen molar-refractivity contribution in [2.75, 3.05) is 0 Å². The van der Waals surface area contributed by atoms with E-state index in [4.69, 9.17) is 0 Å². The number of aliphatic hydroxyl groups is 3. The average Bonchev–Trinajstić information content (AvgIpc) is 2.58. The molecule has 1 saturated carbocycles. The van der Waals surface area contributed by atoms with Crippen LogP contribution in [0.5, 0.6) is 0 Å². The van der Waals surface area contributed by atoms with E-state index in [9.17, 15) is 15.3 Å². The molecule has 0 spiro atoms. The van der Waals surface area contributed by atoms with Gasteiger partial charge >= 0.3 is 0 Å². The SMILES string of the molecule is CCCCCC(O)CCC1CCC(O)C1O. The van der Waals surface area contributed by atoms with Crippen molar-refractivity contribution >= 4 is 0 Å². The van der Waals surface area contributed by atoms with Gasteiger partial charge in [0.1, 0.15) is 0 Å². The lowest BCUT2D eigenvalue weighted by molar-refractivity contribution is 0.0149. The molecule has 3 nitrogen and oxygen atoms in total. The molecule has 0 aromatic rings. The monoisotopic (exact) mass is 230 g/mol. The van der Waals surface area contributed by atoms with Crippen LogP contribution in [0.4, 0.5) is 0 Å². The van der Waals surface area contributed by atoms with Crippen molar-refractivity contribution in [3.8, 4) is 0 Å². The molecule has 3 heteroatoms. The molecule has 4 unspecified atom stereocenters. The zero-order chi connectivity index (χ0) is 12.0. The van der Waals surface area contributed by atoms with E-state index in [0.29, 0.717) is 6.42 Å². The van der Waals surface area contributed by atoms with E-state index < -0.39 is 12.2 Å². The molecule has 0 bridgehead atoms. The zero-order valence-corrected chi connectivity index (χ0v) is 10.3. The molecule has 0 aromatic carbocycles. The standard InChI is InChI=1S/C13H26O3/c1-2-3-4-5-11(14)8-6-10-7-9-12(15)13(10)16/h10-16H,2-9H2,1H3. The first-order valence-corrected chi connectivity index (χ1v) is 6.69. The third-order valence-electron chi connectivity index (χ3n) is 3.72. The van der Waals surface area contributed by atoms with Crippen LogP contribution in [0, 0.1) is 5.92 Å². The van der Waals surface area contributed by atoms with Crippen molar-refractivity contribution in [2.45, 2.75) is 76.6 Å². The maximum absolute atomic E-state index is 9.74. The van der Waals surface area contributed by atoms with Crippen LogP contribution in [0.3, 0.4) is 0 Å². The van der Waals surface area contributed by atoms with Gasteiger partial charge in [0, 0.05) is 0 Å². The largest absolute Gasteiger partial charge is 0.393 e. The van der Waals surface area contributed by atoms with Crippen LogP contribution in [0.2, 0.25) is 0 Å². The zero-order valence-electron chi connectivity index (χ0n) is 10.3. The molecule has 1 rings (SSSR count). The van der Waals surface area contributed by atoms with Gasteiger partial charge in [-0.25, -0.2) is 0 Å². The minimum atomic E-state index is -0.567. The summed E-state index contributed by atoms with van der Waals surface area (Å²) in [7, 11) is 0.